The van der Waals surface area contributed by atoms with Crippen molar-refractivity contribution in [3.8, 4) is 0 Å². The third kappa shape index (κ3) is 3.03. The number of anilines is 1. The van der Waals surface area contributed by atoms with Gasteiger partial charge in [-0.05, 0) is 24.1 Å². The molecule has 27 heavy (non-hydrogen) atoms. The van der Waals surface area contributed by atoms with Crippen LogP contribution in [-0.4, -0.2) is 41.9 Å². The fourth-order valence-corrected chi connectivity index (χ4v) is 3.93. The summed E-state index contributed by atoms with van der Waals surface area (Å²) >= 11 is 5.93. The number of imidazole rings is 1. The number of hydrogen-bond donors (Lipinski definition) is 5. The van der Waals surface area contributed by atoms with Gasteiger partial charge in [0.1, 0.15) is 12.4 Å². The summed E-state index contributed by atoms with van der Waals surface area (Å²) in [6, 6.07) is 6.31. The van der Waals surface area contributed by atoms with Gasteiger partial charge < -0.3 is 25.9 Å². The molecule has 0 aliphatic heterocycles. The number of aliphatic hydroxyl groups excluding tert-OH is 2. The highest BCUT2D eigenvalue weighted by molar-refractivity contribution is 6.30. The second-order valence-electron chi connectivity index (χ2n) is 6.72. The highest BCUT2D eigenvalue weighted by Crippen LogP contribution is 2.42. The molecule has 3 aromatic rings. The Morgan fingerprint density at radius 2 is 1.89 bits per heavy atom. The number of halogens is 1. The Hall–Kier alpha value is -2.30. The number of nitrogens with two attached hydrogens (primary N) is 2. The molecule has 1 saturated carbocycles. The van der Waals surface area contributed by atoms with Gasteiger partial charge in [-0.3, -0.25) is 0 Å². The summed E-state index contributed by atoms with van der Waals surface area (Å²) < 4.78 is 1.74. The number of aromatic nitrogens is 4. The van der Waals surface area contributed by atoms with Gasteiger partial charge in [0.05, 0.1) is 18.5 Å². The van der Waals surface area contributed by atoms with Gasteiger partial charge >= 0.3 is 0 Å². The number of nitrogens with one attached hydrogen (secondary N) is 1. The molecule has 1 aliphatic carbocycles. The maximum Gasteiger partial charge on any atom is 0.171 e. The lowest BCUT2D eigenvalue weighted by Crippen LogP contribution is -2.33. The molecule has 5 atom stereocenters. The number of nitrogen functional groups attached to an aromatic ring is 1. The van der Waals surface area contributed by atoms with Crippen LogP contribution in [0.1, 0.15) is 24.1 Å². The van der Waals surface area contributed by atoms with E-state index in [0.29, 0.717) is 28.4 Å². The van der Waals surface area contributed by atoms with Crippen molar-refractivity contribution >= 4 is 28.6 Å². The van der Waals surface area contributed by atoms with E-state index < -0.39 is 24.3 Å². The van der Waals surface area contributed by atoms with E-state index in [4.69, 9.17) is 23.2 Å². The van der Waals surface area contributed by atoms with Crippen LogP contribution in [0, 0.1) is 5.92 Å². The van der Waals surface area contributed by atoms with Crippen molar-refractivity contribution in [2.24, 2.45) is 17.5 Å². The molecule has 142 valence electrons. The molecule has 0 amide bonds. The zero-order chi connectivity index (χ0) is 19.1. The summed E-state index contributed by atoms with van der Waals surface area (Å²) in [4.78, 5) is 12.6. The number of fused-ring (bicyclic) bond motifs is 1. The number of rotatable bonds is 4. The molecule has 2 heterocycles. The van der Waals surface area contributed by atoms with Gasteiger partial charge in [-0.2, -0.15) is 0 Å². The van der Waals surface area contributed by atoms with E-state index in [1.165, 1.54) is 6.33 Å². The van der Waals surface area contributed by atoms with Crippen molar-refractivity contribution in [2.45, 2.75) is 30.7 Å². The Kier molecular flexibility index (Phi) is 4.70. The Morgan fingerprint density at radius 3 is 2.59 bits per heavy atom. The summed E-state index contributed by atoms with van der Waals surface area (Å²) in [6.07, 6.45) is 1.41. The largest absolute Gasteiger partial charge is 0.390 e. The third-order valence-corrected chi connectivity index (χ3v) is 5.52. The molecule has 0 radical (unpaired) electrons. The Morgan fingerprint density at radius 1 is 1.15 bits per heavy atom. The van der Waals surface area contributed by atoms with E-state index in [1.54, 1.807) is 23.0 Å². The van der Waals surface area contributed by atoms with Gasteiger partial charge in [0.25, 0.3) is 0 Å². The molecule has 4 rings (SSSR count). The van der Waals surface area contributed by atoms with Crippen molar-refractivity contribution in [1.82, 2.24) is 19.5 Å². The van der Waals surface area contributed by atoms with Crippen molar-refractivity contribution in [3.63, 3.8) is 0 Å². The number of aliphatic hydroxyl groups is 2. The molecule has 1 unspecified atom stereocenters. The standard InChI is InChI=1S/C17H20ClN7O2/c18-9-3-1-8(2-4-9)12(19)10-5-11(15(27)14(10)26)25-7-23-13-16(24-20)21-6-22-17(13)25/h1-4,6-7,10-12,14-15,26-27H,5,19-20H2,(H,21,22,24)/t10-,11-,12?,14-,15+/m1/s1. The quantitative estimate of drug-likeness (QED) is 0.324. The van der Waals surface area contributed by atoms with Crippen LogP contribution in [0.5, 0.6) is 0 Å². The second kappa shape index (κ2) is 7.02. The zero-order valence-electron chi connectivity index (χ0n) is 14.3. The molecule has 0 bridgehead atoms. The van der Waals surface area contributed by atoms with E-state index >= 15 is 0 Å². The fourth-order valence-electron chi connectivity index (χ4n) is 3.81. The minimum absolute atomic E-state index is 0.336. The van der Waals surface area contributed by atoms with E-state index in [1.807, 2.05) is 12.1 Å². The smallest absolute Gasteiger partial charge is 0.171 e. The molecular weight excluding hydrogens is 370 g/mol. The van der Waals surface area contributed by atoms with Gasteiger partial charge in [0.15, 0.2) is 17.0 Å². The molecule has 1 aliphatic rings. The maximum absolute atomic E-state index is 10.7. The molecule has 0 spiro atoms. The minimum atomic E-state index is -1.00. The van der Waals surface area contributed by atoms with Gasteiger partial charge in [0, 0.05) is 17.0 Å². The molecule has 0 saturated heterocycles. The molecule has 1 fully saturated rings. The van der Waals surface area contributed by atoms with Gasteiger partial charge in [-0.1, -0.05) is 23.7 Å². The van der Waals surface area contributed by atoms with Gasteiger partial charge in [-0.25, -0.2) is 20.8 Å². The second-order valence-corrected chi connectivity index (χ2v) is 7.15. The summed E-state index contributed by atoms with van der Waals surface area (Å²) in [5, 5.41) is 21.9. The number of hydrazine groups is 1. The van der Waals surface area contributed by atoms with Crippen LogP contribution in [0.4, 0.5) is 5.82 Å². The van der Waals surface area contributed by atoms with E-state index in [2.05, 4.69) is 20.4 Å². The van der Waals surface area contributed by atoms with Gasteiger partial charge in [0.2, 0.25) is 0 Å². The normalized spacial score (nSPS) is 26.4. The Labute approximate surface area is 160 Å². The van der Waals surface area contributed by atoms with Crippen molar-refractivity contribution in [3.05, 3.63) is 47.5 Å². The van der Waals surface area contributed by atoms with Crippen molar-refractivity contribution < 1.29 is 10.2 Å². The van der Waals surface area contributed by atoms with Crippen LogP contribution in [-0.2, 0) is 0 Å². The molecule has 2 aromatic heterocycles. The topological polar surface area (TPSA) is 148 Å². The first-order valence-corrected chi connectivity index (χ1v) is 8.90. The summed E-state index contributed by atoms with van der Waals surface area (Å²) in [5.74, 6) is 5.51. The monoisotopic (exact) mass is 389 g/mol. The number of hydrogen-bond acceptors (Lipinski definition) is 8. The maximum atomic E-state index is 10.7. The SMILES string of the molecule is NNc1ncnc2c1ncn2[C@@H]1C[C@H](C(N)c2ccc(Cl)cc2)[C@@H](O)[C@H]1O. The lowest BCUT2D eigenvalue weighted by Gasteiger charge is -2.23. The van der Waals surface area contributed by atoms with E-state index in [-0.39, 0.29) is 5.92 Å². The summed E-state index contributed by atoms with van der Waals surface area (Å²) in [5.41, 5.74) is 10.7. The first-order chi connectivity index (χ1) is 13.0. The average molecular weight is 390 g/mol. The van der Waals surface area contributed by atoms with Crippen LogP contribution in [0.2, 0.25) is 5.02 Å². The molecule has 9 nitrogen and oxygen atoms in total. The number of benzene rings is 1. The lowest BCUT2D eigenvalue weighted by molar-refractivity contribution is 0.00216. The number of nitrogens with zero attached hydrogens (tertiary/aromatic N) is 4. The van der Waals surface area contributed by atoms with Gasteiger partial charge in [-0.15, -0.1) is 0 Å². The van der Waals surface area contributed by atoms with Crippen molar-refractivity contribution in [2.75, 3.05) is 5.43 Å². The third-order valence-electron chi connectivity index (χ3n) is 5.27. The molecular formula is C17H20ClN7O2. The van der Waals surface area contributed by atoms with Crippen LogP contribution < -0.4 is 17.0 Å². The molecule has 10 heteroatoms. The van der Waals surface area contributed by atoms with Crippen LogP contribution in [0.3, 0.4) is 0 Å². The predicted molar refractivity (Wildman–Crippen MR) is 101 cm³/mol. The summed E-state index contributed by atoms with van der Waals surface area (Å²) in [7, 11) is 0. The highest BCUT2D eigenvalue weighted by atomic mass is 35.5. The van der Waals surface area contributed by atoms with Crippen molar-refractivity contribution in [1.29, 1.82) is 0 Å². The summed E-state index contributed by atoms with van der Waals surface area (Å²) in [6.45, 7) is 0. The lowest BCUT2D eigenvalue weighted by atomic mass is 9.90. The Balaban J connectivity index is 1.65. The van der Waals surface area contributed by atoms with E-state index in [0.717, 1.165) is 5.56 Å². The fraction of sp³-hybridized carbons (Fsp3) is 0.353. The van der Waals surface area contributed by atoms with Crippen LogP contribution in [0.25, 0.3) is 11.2 Å². The van der Waals surface area contributed by atoms with E-state index in [9.17, 15) is 10.2 Å². The predicted octanol–water partition coefficient (Wildman–Crippen LogP) is 0.748. The minimum Gasteiger partial charge on any atom is -0.390 e. The highest BCUT2D eigenvalue weighted by Gasteiger charge is 2.45. The zero-order valence-corrected chi connectivity index (χ0v) is 15.0. The Bertz CT molecular complexity index is 948. The first kappa shape index (κ1) is 18.1. The average Bonchev–Trinajstić information content (AvgIpc) is 3.23. The molecule has 7 N–H and O–H groups in total. The van der Waals surface area contributed by atoms with Crippen LogP contribution in [0.15, 0.2) is 36.9 Å². The first-order valence-electron chi connectivity index (χ1n) is 8.52. The molecule has 1 aromatic carbocycles. The van der Waals surface area contributed by atoms with Crippen LogP contribution >= 0.6 is 11.6 Å².